The molecule has 1 heterocycles. The van der Waals surface area contributed by atoms with Crippen molar-refractivity contribution in [3.63, 3.8) is 0 Å². The van der Waals surface area contributed by atoms with Crippen LogP contribution in [-0.4, -0.2) is 35.3 Å². The van der Waals surface area contributed by atoms with Crippen molar-refractivity contribution in [2.75, 3.05) is 6.54 Å². The SMILES string of the molecule is CCC1C(=O)NC(C)C(=O)N1CC1CC1C. The highest BCUT2D eigenvalue weighted by molar-refractivity contribution is 5.96. The van der Waals surface area contributed by atoms with Gasteiger partial charge in [0.1, 0.15) is 12.1 Å². The number of nitrogens with zero attached hydrogens (tertiary/aromatic N) is 1. The average Bonchev–Trinajstić information content (AvgIpc) is 2.91. The zero-order valence-corrected chi connectivity index (χ0v) is 10.2. The highest BCUT2D eigenvalue weighted by Gasteiger charge is 2.42. The van der Waals surface area contributed by atoms with E-state index in [1.807, 2.05) is 6.92 Å². The van der Waals surface area contributed by atoms with Crippen LogP contribution in [0.3, 0.4) is 0 Å². The number of nitrogens with one attached hydrogen (secondary N) is 1. The first-order chi connectivity index (χ1) is 7.54. The van der Waals surface area contributed by atoms with Crippen molar-refractivity contribution in [2.45, 2.75) is 45.7 Å². The maximum Gasteiger partial charge on any atom is 0.245 e. The van der Waals surface area contributed by atoms with Crippen LogP contribution in [0.1, 0.15) is 33.6 Å². The summed E-state index contributed by atoms with van der Waals surface area (Å²) in [5, 5.41) is 2.73. The van der Waals surface area contributed by atoms with E-state index in [2.05, 4.69) is 12.2 Å². The molecule has 0 spiro atoms. The summed E-state index contributed by atoms with van der Waals surface area (Å²) in [6, 6.07) is -0.610. The molecule has 2 rings (SSSR count). The van der Waals surface area contributed by atoms with E-state index in [1.54, 1.807) is 11.8 Å². The summed E-state index contributed by atoms with van der Waals surface area (Å²) >= 11 is 0. The molecule has 2 amide bonds. The van der Waals surface area contributed by atoms with Crippen LogP contribution in [0, 0.1) is 11.8 Å². The lowest BCUT2D eigenvalue weighted by atomic mass is 10.1. The lowest BCUT2D eigenvalue weighted by Gasteiger charge is -2.37. The van der Waals surface area contributed by atoms with Crippen LogP contribution in [0.15, 0.2) is 0 Å². The predicted molar refractivity (Wildman–Crippen MR) is 60.7 cm³/mol. The lowest BCUT2D eigenvalue weighted by molar-refractivity contribution is -0.149. The molecule has 4 unspecified atom stereocenters. The summed E-state index contributed by atoms with van der Waals surface area (Å²) in [6.07, 6.45) is 1.89. The van der Waals surface area contributed by atoms with Crippen LogP contribution in [0.4, 0.5) is 0 Å². The topological polar surface area (TPSA) is 49.4 Å². The quantitative estimate of drug-likeness (QED) is 0.769. The fourth-order valence-corrected chi connectivity index (χ4v) is 2.44. The molecular weight excluding hydrogens is 204 g/mol. The number of piperazine rings is 1. The van der Waals surface area contributed by atoms with E-state index >= 15 is 0 Å². The highest BCUT2D eigenvalue weighted by Crippen LogP contribution is 2.39. The first kappa shape index (κ1) is 11.4. The molecule has 16 heavy (non-hydrogen) atoms. The molecule has 2 aliphatic rings. The molecule has 1 aliphatic heterocycles. The number of carbonyl (C=O) groups is 2. The van der Waals surface area contributed by atoms with Gasteiger partial charge in [0.25, 0.3) is 0 Å². The Kier molecular flexibility index (Phi) is 2.91. The molecule has 4 atom stereocenters. The first-order valence-corrected chi connectivity index (χ1v) is 6.15. The molecule has 1 saturated heterocycles. The molecule has 90 valence electrons. The summed E-state index contributed by atoms with van der Waals surface area (Å²) in [5.41, 5.74) is 0. The van der Waals surface area contributed by atoms with Crippen LogP contribution in [0.5, 0.6) is 0 Å². The van der Waals surface area contributed by atoms with Gasteiger partial charge in [-0.1, -0.05) is 13.8 Å². The Bertz CT molecular complexity index is 316. The van der Waals surface area contributed by atoms with Crippen LogP contribution < -0.4 is 5.32 Å². The van der Waals surface area contributed by atoms with E-state index in [-0.39, 0.29) is 23.9 Å². The van der Waals surface area contributed by atoms with Crippen LogP contribution in [0.2, 0.25) is 0 Å². The lowest BCUT2D eigenvalue weighted by Crippen LogP contribution is -2.62. The second-order valence-electron chi connectivity index (χ2n) is 5.12. The normalized spacial score (nSPS) is 38.6. The third-order valence-corrected chi connectivity index (χ3v) is 3.79. The van der Waals surface area contributed by atoms with E-state index in [4.69, 9.17) is 0 Å². The third kappa shape index (κ3) is 1.93. The van der Waals surface area contributed by atoms with E-state index in [9.17, 15) is 9.59 Å². The number of amides is 2. The third-order valence-electron chi connectivity index (χ3n) is 3.79. The minimum atomic E-state index is -0.357. The van der Waals surface area contributed by atoms with Crippen molar-refractivity contribution < 1.29 is 9.59 Å². The molecule has 2 fully saturated rings. The minimum Gasteiger partial charge on any atom is -0.343 e. The molecule has 4 heteroatoms. The zero-order chi connectivity index (χ0) is 11.9. The highest BCUT2D eigenvalue weighted by atomic mass is 16.2. The molecular formula is C12H20N2O2. The Hall–Kier alpha value is -1.06. The van der Waals surface area contributed by atoms with Gasteiger partial charge in [-0.15, -0.1) is 0 Å². The number of carbonyl (C=O) groups excluding carboxylic acids is 2. The monoisotopic (exact) mass is 224 g/mol. The predicted octanol–water partition coefficient (Wildman–Crippen LogP) is 0.768. The summed E-state index contributed by atoms with van der Waals surface area (Å²) in [4.78, 5) is 25.6. The standard InChI is InChI=1S/C12H20N2O2/c1-4-10-11(15)13-8(3)12(16)14(10)6-9-5-7(9)2/h7-10H,4-6H2,1-3H3,(H,13,15). The van der Waals surface area contributed by atoms with Crippen LogP contribution in [0.25, 0.3) is 0 Å². The Morgan fingerprint density at radius 2 is 2.00 bits per heavy atom. The van der Waals surface area contributed by atoms with Gasteiger partial charge in [0.15, 0.2) is 0 Å². The molecule has 0 radical (unpaired) electrons. The summed E-state index contributed by atoms with van der Waals surface area (Å²) < 4.78 is 0. The molecule has 0 aromatic rings. The maximum absolute atomic E-state index is 12.0. The molecule has 1 saturated carbocycles. The van der Waals surface area contributed by atoms with Gasteiger partial charge in [-0.25, -0.2) is 0 Å². The molecule has 0 aromatic carbocycles. The number of hydrogen-bond acceptors (Lipinski definition) is 2. The Morgan fingerprint density at radius 3 is 2.50 bits per heavy atom. The fraction of sp³-hybridized carbons (Fsp3) is 0.833. The molecule has 0 aromatic heterocycles. The van der Waals surface area contributed by atoms with Gasteiger partial charge < -0.3 is 10.2 Å². The maximum atomic E-state index is 12.0. The van der Waals surface area contributed by atoms with Gasteiger partial charge in [-0.2, -0.15) is 0 Å². The van der Waals surface area contributed by atoms with E-state index in [0.717, 1.165) is 6.54 Å². The van der Waals surface area contributed by atoms with Crippen molar-refractivity contribution in [2.24, 2.45) is 11.8 Å². The molecule has 1 aliphatic carbocycles. The van der Waals surface area contributed by atoms with Gasteiger partial charge in [0.05, 0.1) is 0 Å². The Balaban J connectivity index is 2.09. The van der Waals surface area contributed by atoms with Crippen LogP contribution in [-0.2, 0) is 9.59 Å². The summed E-state index contributed by atoms with van der Waals surface area (Å²) in [5.74, 6) is 1.40. The summed E-state index contributed by atoms with van der Waals surface area (Å²) in [6.45, 7) is 6.67. The van der Waals surface area contributed by atoms with Crippen molar-refractivity contribution >= 4 is 11.8 Å². The van der Waals surface area contributed by atoms with Crippen molar-refractivity contribution in [3.8, 4) is 0 Å². The van der Waals surface area contributed by atoms with Crippen molar-refractivity contribution in [3.05, 3.63) is 0 Å². The first-order valence-electron chi connectivity index (χ1n) is 6.15. The van der Waals surface area contributed by atoms with Gasteiger partial charge in [0.2, 0.25) is 11.8 Å². The molecule has 0 bridgehead atoms. The fourth-order valence-electron chi connectivity index (χ4n) is 2.44. The zero-order valence-electron chi connectivity index (χ0n) is 10.2. The smallest absolute Gasteiger partial charge is 0.245 e. The Morgan fingerprint density at radius 1 is 1.38 bits per heavy atom. The van der Waals surface area contributed by atoms with E-state index in [0.29, 0.717) is 18.3 Å². The largest absolute Gasteiger partial charge is 0.343 e. The molecule has 4 nitrogen and oxygen atoms in total. The second kappa shape index (κ2) is 4.07. The van der Waals surface area contributed by atoms with Crippen LogP contribution >= 0.6 is 0 Å². The second-order valence-corrected chi connectivity index (χ2v) is 5.12. The number of hydrogen-bond donors (Lipinski definition) is 1. The minimum absolute atomic E-state index is 0.00269. The number of rotatable bonds is 3. The van der Waals surface area contributed by atoms with Crippen molar-refractivity contribution in [1.82, 2.24) is 10.2 Å². The average molecular weight is 224 g/mol. The van der Waals surface area contributed by atoms with E-state index < -0.39 is 0 Å². The molecule has 1 N–H and O–H groups in total. The van der Waals surface area contributed by atoms with Crippen molar-refractivity contribution in [1.29, 1.82) is 0 Å². The Labute approximate surface area is 96.4 Å². The summed E-state index contributed by atoms with van der Waals surface area (Å²) in [7, 11) is 0. The van der Waals surface area contributed by atoms with Gasteiger partial charge >= 0.3 is 0 Å². The van der Waals surface area contributed by atoms with Gasteiger partial charge in [0, 0.05) is 6.54 Å². The van der Waals surface area contributed by atoms with Gasteiger partial charge in [-0.05, 0) is 31.6 Å². The van der Waals surface area contributed by atoms with E-state index in [1.165, 1.54) is 6.42 Å². The van der Waals surface area contributed by atoms with Gasteiger partial charge in [-0.3, -0.25) is 9.59 Å².